The third-order valence-electron chi connectivity index (χ3n) is 4.11. The highest BCUT2D eigenvalue weighted by atomic mass is 16.5. The van der Waals surface area contributed by atoms with Crippen molar-refractivity contribution in [1.82, 2.24) is 14.9 Å². The Bertz CT molecular complexity index is 670. The zero-order valence-corrected chi connectivity index (χ0v) is 13.9. The molecule has 3 rings (SSSR count). The molecule has 0 spiro atoms. The Hall–Kier alpha value is -2.47. The van der Waals surface area contributed by atoms with Gasteiger partial charge in [0.2, 0.25) is 5.91 Å². The summed E-state index contributed by atoms with van der Waals surface area (Å²) >= 11 is 0. The number of carbonyl (C=O) groups is 1. The van der Waals surface area contributed by atoms with Gasteiger partial charge in [-0.2, -0.15) is 0 Å². The van der Waals surface area contributed by atoms with Crippen molar-refractivity contribution in [2.75, 3.05) is 44.3 Å². The van der Waals surface area contributed by atoms with E-state index in [2.05, 4.69) is 14.9 Å². The highest BCUT2D eigenvalue weighted by Gasteiger charge is 2.22. The molecule has 1 aliphatic heterocycles. The average molecular weight is 326 g/mol. The molecule has 0 atom stereocenters. The minimum atomic E-state index is 0.0594. The summed E-state index contributed by atoms with van der Waals surface area (Å²) in [6, 6.07) is 12.1. The molecule has 6 nitrogen and oxygen atoms in total. The first-order chi connectivity index (χ1) is 11.8. The summed E-state index contributed by atoms with van der Waals surface area (Å²) in [5.74, 6) is 0.963. The molecule has 0 unspecified atom stereocenters. The second-order valence-electron chi connectivity index (χ2n) is 5.63. The van der Waals surface area contributed by atoms with E-state index in [1.165, 1.54) is 0 Å². The average Bonchev–Trinajstić information content (AvgIpc) is 2.67. The normalized spacial score (nSPS) is 14.7. The number of nitrogens with zero attached hydrogens (tertiary/aromatic N) is 4. The summed E-state index contributed by atoms with van der Waals surface area (Å²) in [6.07, 6.45) is 1.60. The van der Waals surface area contributed by atoms with Crippen LogP contribution in [0.5, 0.6) is 0 Å². The van der Waals surface area contributed by atoms with Crippen molar-refractivity contribution in [3.63, 3.8) is 0 Å². The van der Waals surface area contributed by atoms with Gasteiger partial charge in [0, 0.05) is 44.4 Å². The summed E-state index contributed by atoms with van der Waals surface area (Å²) < 4.78 is 5.20. The lowest BCUT2D eigenvalue weighted by molar-refractivity contribution is -0.136. The second-order valence-corrected chi connectivity index (χ2v) is 5.63. The van der Waals surface area contributed by atoms with E-state index in [0.717, 1.165) is 30.2 Å². The van der Waals surface area contributed by atoms with Crippen molar-refractivity contribution in [3.8, 4) is 11.3 Å². The topological polar surface area (TPSA) is 58.6 Å². The minimum absolute atomic E-state index is 0.0594. The van der Waals surface area contributed by atoms with Crippen LogP contribution in [0.4, 0.5) is 5.82 Å². The van der Waals surface area contributed by atoms with Crippen molar-refractivity contribution >= 4 is 11.7 Å². The van der Waals surface area contributed by atoms with Crippen molar-refractivity contribution in [2.24, 2.45) is 0 Å². The summed E-state index contributed by atoms with van der Waals surface area (Å²) in [7, 11) is 0. The molecule has 2 heterocycles. The summed E-state index contributed by atoms with van der Waals surface area (Å²) in [6.45, 7) is 5.54. The van der Waals surface area contributed by atoms with Gasteiger partial charge in [-0.05, 0) is 6.92 Å². The molecule has 1 saturated heterocycles. The molecule has 0 radical (unpaired) electrons. The number of piperazine rings is 1. The molecular formula is C18H22N4O2. The second kappa shape index (κ2) is 7.88. The highest BCUT2D eigenvalue weighted by molar-refractivity contribution is 5.77. The zero-order chi connectivity index (χ0) is 16.8. The van der Waals surface area contributed by atoms with E-state index in [1.54, 1.807) is 6.33 Å². The zero-order valence-electron chi connectivity index (χ0n) is 13.9. The third kappa shape index (κ3) is 3.89. The van der Waals surface area contributed by atoms with Gasteiger partial charge in [-0.15, -0.1) is 0 Å². The molecule has 1 aliphatic rings. The summed E-state index contributed by atoms with van der Waals surface area (Å²) in [5, 5.41) is 0. The molecule has 6 heteroatoms. The van der Waals surface area contributed by atoms with E-state index in [-0.39, 0.29) is 12.5 Å². The lowest BCUT2D eigenvalue weighted by atomic mass is 10.1. The quantitative estimate of drug-likeness (QED) is 0.839. The molecule has 1 fully saturated rings. The first kappa shape index (κ1) is 16.4. The van der Waals surface area contributed by atoms with E-state index >= 15 is 0 Å². The molecular weight excluding hydrogens is 304 g/mol. The number of hydrogen-bond donors (Lipinski definition) is 0. The Morgan fingerprint density at radius 2 is 1.88 bits per heavy atom. The van der Waals surface area contributed by atoms with Gasteiger partial charge >= 0.3 is 0 Å². The number of amides is 1. The number of carbonyl (C=O) groups excluding carboxylic acids is 1. The van der Waals surface area contributed by atoms with Crippen LogP contribution in [0.25, 0.3) is 11.3 Å². The van der Waals surface area contributed by atoms with Crippen molar-refractivity contribution in [2.45, 2.75) is 6.92 Å². The van der Waals surface area contributed by atoms with E-state index in [0.29, 0.717) is 19.7 Å². The first-order valence-electron chi connectivity index (χ1n) is 8.26. The van der Waals surface area contributed by atoms with Crippen LogP contribution < -0.4 is 4.90 Å². The van der Waals surface area contributed by atoms with Crippen LogP contribution >= 0.6 is 0 Å². The SMILES string of the molecule is CCOCC(=O)N1CCN(c2cc(-c3ccccc3)ncn2)CC1. The number of aromatic nitrogens is 2. The monoisotopic (exact) mass is 326 g/mol. The molecule has 0 bridgehead atoms. The Balaban J connectivity index is 1.64. The fourth-order valence-corrected chi connectivity index (χ4v) is 2.75. The third-order valence-corrected chi connectivity index (χ3v) is 4.11. The molecule has 1 aromatic carbocycles. The van der Waals surface area contributed by atoms with E-state index in [1.807, 2.05) is 48.2 Å². The summed E-state index contributed by atoms with van der Waals surface area (Å²) in [5.41, 5.74) is 1.99. The molecule has 126 valence electrons. The lowest BCUT2D eigenvalue weighted by Crippen LogP contribution is -2.50. The highest BCUT2D eigenvalue weighted by Crippen LogP contribution is 2.21. The maximum atomic E-state index is 12.0. The van der Waals surface area contributed by atoms with Crippen LogP contribution in [0.3, 0.4) is 0 Å². The number of hydrogen-bond acceptors (Lipinski definition) is 5. The van der Waals surface area contributed by atoms with Crippen molar-refractivity contribution in [1.29, 1.82) is 0 Å². The molecule has 1 aromatic heterocycles. The molecule has 0 N–H and O–H groups in total. The smallest absolute Gasteiger partial charge is 0.248 e. The van der Waals surface area contributed by atoms with Crippen molar-refractivity contribution < 1.29 is 9.53 Å². The molecule has 0 saturated carbocycles. The number of rotatable bonds is 5. The Morgan fingerprint density at radius 1 is 1.12 bits per heavy atom. The predicted molar refractivity (Wildman–Crippen MR) is 92.8 cm³/mol. The molecule has 2 aromatic rings. The maximum Gasteiger partial charge on any atom is 0.248 e. The van der Waals surface area contributed by atoms with Crippen molar-refractivity contribution in [3.05, 3.63) is 42.7 Å². The molecule has 1 amide bonds. The molecule has 24 heavy (non-hydrogen) atoms. The fourth-order valence-electron chi connectivity index (χ4n) is 2.75. The minimum Gasteiger partial charge on any atom is -0.372 e. The van der Waals surface area contributed by atoms with E-state index < -0.39 is 0 Å². The first-order valence-corrected chi connectivity index (χ1v) is 8.26. The largest absolute Gasteiger partial charge is 0.372 e. The number of ether oxygens (including phenoxy) is 1. The van der Waals surface area contributed by atoms with Gasteiger partial charge in [0.25, 0.3) is 0 Å². The van der Waals surface area contributed by atoms with Gasteiger partial charge in [0.1, 0.15) is 18.8 Å². The molecule has 0 aliphatic carbocycles. The lowest BCUT2D eigenvalue weighted by Gasteiger charge is -2.35. The van der Waals surface area contributed by atoms with Crippen LogP contribution in [0.2, 0.25) is 0 Å². The van der Waals surface area contributed by atoms with Gasteiger partial charge in [0.05, 0.1) is 5.69 Å². The van der Waals surface area contributed by atoms with Crippen LogP contribution in [-0.2, 0) is 9.53 Å². The Kier molecular flexibility index (Phi) is 5.38. The van der Waals surface area contributed by atoms with Gasteiger partial charge < -0.3 is 14.5 Å². The predicted octanol–water partition coefficient (Wildman–Crippen LogP) is 1.83. The Morgan fingerprint density at radius 3 is 2.58 bits per heavy atom. The van der Waals surface area contributed by atoms with E-state index in [9.17, 15) is 4.79 Å². The van der Waals surface area contributed by atoms with Crippen LogP contribution in [0.15, 0.2) is 42.7 Å². The Labute approximate surface area is 142 Å². The number of benzene rings is 1. The fraction of sp³-hybridized carbons (Fsp3) is 0.389. The standard InChI is InChI=1S/C18H22N4O2/c1-2-24-13-18(23)22-10-8-21(9-11-22)17-12-16(19-14-20-17)15-6-4-3-5-7-15/h3-7,12,14H,2,8-11,13H2,1H3. The van der Waals surface area contributed by atoms with Gasteiger partial charge in [-0.25, -0.2) is 9.97 Å². The van der Waals surface area contributed by atoms with Gasteiger partial charge in [-0.3, -0.25) is 4.79 Å². The van der Waals surface area contributed by atoms with Gasteiger partial charge in [0.15, 0.2) is 0 Å². The number of anilines is 1. The van der Waals surface area contributed by atoms with Gasteiger partial charge in [-0.1, -0.05) is 30.3 Å². The summed E-state index contributed by atoms with van der Waals surface area (Å²) in [4.78, 5) is 24.8. The van der Waals surface area contributed by atoms with E-state index in [4.69, 9.17) is 4.74 Å². The van der Waals surface area contributed by atoms with Crippen LogP contribution in [0, 0.1) is 0 Å². The van der Waals surface area contributed by atoms with Crippen LogP contribution in [0.1, 0.15) is 6.92 Å². The van der Waals surface area contributed by atoms with Crippen LogP contribution in [-0.4, -0.2) is 60.2 Å². The maximum absolute atomic E-state index is 12.0.